The molecule has 7 nitrogen and oxygen atoms in total. The lowest BCUT2D eigenvalue weighted by Crippen LogP contribution is -2.51. The quantitative estimate of drug-likeness (QED) is 0.705. The van der Waals surface area contributed by atoms with Crippen LogP contribution in [0.2, 0.25) is 0 Å². The third-order valence-corrected chi connectivity index (χ3v) is 6.08. The molecule has 0 saturated carbocycles. The van der Waals surface area contributed by atoms with Crippen LogP contribution < -0.4 is 5.32 Å². The summed E-state index contributed by atoms with van der Waals surface area (Å²) < 4.78 is 5.35. The largest absolute Gasteiger partial charge is 0.378 e. The predicted octanol–water partition coefficient (Wildman–Crippen LogP) is 3.63. The van der Waals surface area contributed by atoms with E-state index in [-0.39, 0.29) is 12.1 Å². The normalized spacial score (nSPS) is 17.7. The zero-order valence-corrected chi connectivity index (χ0v) is 17.5. The third kappa shape index (κ3) is 4.46. The molecule has 2 fully saturated rings. The summed E-state index contributed by atoms with van der Waals surface area (Å²) in [6.07, 6.45) is 3.58. The number of carbonyl (C=O) groups is 1. The molecule has 0 spiro atoms. The number of hydrogen-bond donors (Lipinski definition) is 1. The van der Waals surface area contributed by atoms with Crippen LogP contribution in [0, 0.1) is 0 Å². The number of anilines is 1. The molecule has 0 unspecified atom stereocenters. The Morgan fingerprint density at radius 2 is 1.68 bits per heavy atom. The molecule has 5 rings (SSSR count). The number of fused-ring (bicyclic) bond motifs is 1. The lowest BCUT2D eigenvalue weighted by molar-refractivity contribution is 0.0414. The van der Waals surface area contributed by atoms with Crippen molar-refractivity contribution in [1.29, 1.82) is 0 Å². The molecule has 3 aromatic rings. The molecule has 2 aliphatic heterocycles. The highest BCUT2D eigenvalue weighted by Gasteiger charge is 2.27. The highest BCUT2D eigenvalue weighted by molar-refractivity contribution is 5.86. The van der Waals surface area contributed by atoms with Gasteiger partial charge in [0.1, 0.15) is 0 Å². The van der Waals surface area contributed by atoms with Crippen LogP contribution in [0.4, 0.5) is 10.7 Å². The number of carbonyl (C=O) groups excluding carboxylic acids is 1. The molecule has 2 saturated heterocycles. The Hall–Kier alpha value is -3.19. The molecule has 2 aliphatic rings. The molecule has 0 radical (unpaired) electrons. The van der Waals surface area contributed by atoms with Crippen molar-refractivity contribution in [2.45, 2.75) is 18.9 Å². The molecule has 0 atom stereocenters. The number of hydrogen-bond acceptors (Lipinski definition) is 5. The van der Waals surface area contributed by atoms with Crippen LogP contribution >= 0.6 is 0 Å². The fourth-order valence-electron chi connectivity index (χ4n) is 4.29. The maximum Gasteiger partial charge on any atom is 0.320 e. The van der Waals surface area contributed by atoms with E-state index in [4.69, 9.17) is 9.72 Å². The summed E-state index contributed by atoms with van der Waals surface area (Å²) >= 11 is 0. The van der Waals surface area contributed by atoms with Crippen molar-refractivity contribution in [2.24, 2.45) is 0 Å². The Labute approximate surface area is 182 Å². The fraction of sp³-hybridized carbons (Fsp3) is 0.375. The van der Waals surface area contributed by atoms with Crippen molar-refractivity contribution >= 4 is 22.8 Å². The number of rotatable bonds is 3. The van der Waals surface area contributed by atoms with Gasteiger partial charge in [0.15, 0.2) is 0 Å². The van der Waals surface area contributed by atoms with Gasteiger partial charge in [-0.15, -0.1) is 0 Å². The number of morpholine rings is 1. The van der Waals surface area contributed by atoms with Crippen molar-refractivity contribution < 1.29 is 9.53 Å². The lowest BCUT2D eigenvalue weighted by atomic mass is 10.0. The predicted molar refractivity (Wildman–Crippen MR) is 121 cm³/mol. The van der Waals surface area contributed by atoms with Gasteiger partial charge in [0, 0.05) is 44.0 Å². The Kier molecular flexibility index (Phi) is 5.67. The van der Waals surface area contributed by atoms with E-state index in [9.17, 15) is 4.79 Å². The van der Waals surface area contributed by atoms with Crippen molar-refractivity contribution in [2.75, 3.05) is 44.7 Å². The molecule has 0 bridgehead atoms. The lowest BCUT2D eigenvalue weighted by Gasteiger charge is -2.37. The van der Waals surface area contributed by atoms with E-state index in [0.717, 1.165) is 37.2 Å². The zero-order valence-electron chi connectivity index (χ0n) is 17.5. The Morgan fingerprint density at radius 3 is 2.48 bits per heavy atom. The van der Waals surface area contributed by atoms with Crippen LogP contribution in [-0.2, 0) is 4.74 Å². The van der Waals surface area contributed by atoms with Gasteiger partial charge in [0.05, 0.1) is 18.9 Å². The number of piperidine rings is 1. The Bertz CT molecular complexity index is 1060. The summed E-state index contributed by atoms with van der Waals surface area (Å²) in [5.74, 6) is 0.642. The molecular weight excluding hydrogens is 390 g/mol. The van der Waals surface area contributed by atoms with Gasteiger partial charge in [-0.1, -0.05) is 36.4 Å². The molecule has 2 aromatic carbocycles. The average molecular weight is 418 g/mol. The monoisotopic (exact) mass is 417 g/mol. The van der Waals surface area contributed by atoms with Crippen molar-refractivity contribution in [1.82, 2.24) is 19.8 Å². The van der Waals surface area contributed by atoms with Gasteiger partial charge in [-0.3, -0.25) is 0 Å². The van der Waals surface area contributed by atoms with E-state index in [1.807, 2.05) is 15.9 Å². The van der Waals surface area contributed by atoms with Crippen LogP contribution in [0.15, 0.2) is 54.7 Å². The van der Waals surface area contributed by atoms with E-state index in [1.54, 1.807) is 6.20 Å². The van der Waals surface area contributed by atoms with E-state index < -0.39 is 0 Å². The van der Waals surface area contributed by atoms with Crippen LogP contribution in [-0.4, -0.2) is 71.2 Å². The molecule has 3 heterocycles. The number of aromatic nitrogens is 2. The number of amides is 2. The minimum Gasteiger partial charge on any atom is -0.378 e. The highest BCUT2D eigenvalue weighted by atomic mass is 16.5. The van der Waals surface area contributed by atoms with E-state index in [0.29, 0.717) is 32.3 Å². The summed E-state index contributed by atoms with van der Waals surface area (Å²) in [4.78, 5) is 25.7. The summed E-state index contributed by atoms with van der Waals surface area (Å²) in [7, 11) is 0. The van der Waals surface area contributed by atoms with Gasteiger partial charge in [0.2, 0.25) is 5.95 Å². The highest BCUT2D eigenvalue weighted by Crippen LogP contribution is 2.24. The summed E-state index contributed by atoms with van der Waals surface area (Å²) in [5.41, 5.74) is 1.98. The molecule has 1 N–H and O–H groups in total. The van der Waals surface area contributed by atoms with E-state index >= 15 is 0 Å². The molecule has 2 amide bonds. The van der Waals surface area contributed by atoms with Crippen LogP contribution in [0.3, 0.4) is 0 Å². The number of urea groups is 1. The van der Waals surface area contributed by atoms with Crippen LogP contribution in [0.5, 0.6) is 0 Å². The number of likely N-dealkylation sites (tertiary alicyclic amines) is 1. The molecule has 7 heteroatoms. The molecular formula is C24H27N5O2. The fourth-order valence-corrected chi connectivity index (χ4v) is 4.29. The van der Waals surface area contributed by atoms with E-state index in [2.05, 4.69) is 52.8 Å². The first kappa shape index (κ1) is 19.8. The molecule has 31 heavy (non-hydrogen) atoms. The number of nitrogens with one attached hydrogen (secondary N) is 1. The topological polar surface area (TPSA) is 70.6 Å². The molecule has 0 aliphatic carbocycles. The molecule has 160 valence electrons. The second-order valence-corrected chi connectivity index (χ2v) is 8.12. The van der Waals surface area contributed by atoms with Crippen LogP contribution in [0.1, 0.15) is 12.8 Å². The Morgan fingerprint density at radius 1 is 0.935 bits per heavy atom. The first-order valence-electron chi connectivity index (χ1n) is 11.0. The van der Waals surface area contributed by atoms with Gasteiger partial charge >= 0.3 is 6.03 Å². The van der Waals surface area contributed by atoms with Crippen molar-refractivity contribution in [3.05, 3.63) is 54.7 Å². The Balaban J connectivity index is 1.21. The standard InChI is InChI=1S/C24H27N5O2/c30-24(29-13-15-31-16-14-29)28-11-8-21(9-12-28)26-23-25-10-7-22(27-23)20-6-5-18-3-1-2-4-19(18)17-20/h1-7,10,17,21H,8-9,11-16H2,(H,25,26,27). The average Bonchev–Trinajstić information content (AvgIpc) is 2.84. The maximum absolute atomic E-state index is 12.7. The maximum atomic E-state index is 12.7. The van der Waals surface area contributed by atoms with Gasteiger partial charge in [-0.25, -0.2) is 14.8 Å². The minimum atomic E-state index is 0.135. The zero-order chi connectivity index (χ0) is 21.0. The summed E-state index contributed by atoms with van der Waals surface area (Å²) in [6, 6.07) is 17.1. The van der Waals surface area contributed by atoms with Gasteiger partial charge < -0.3 is 19.9 Å². The van der Waals surface area contributed by atoms with Gasteiger partial charge in [0.25, 0.3) is 0 Å². The third-order valence-electron chi connectivity index (χ3n) is 6.08. The van der Waals surface area contributed by atoms with E-state index in [1.165, 1.54) is 10.8 Å². The first-order valence-corrected chi connectivity index (χ1v) is 11.0. The van der Waals surface area contributed by atoms with Gasteiger partial charge in [-0.05, 0) is 35.7 Å². The van der Waals surface area contributed by atoms with Crippen molar-refractivity contribution in [3.63, 3.8) is 0 Å². The van der Waals surface area contributed by atoms with Crippen LogP contribution in [0.25, 0.3) is 22.0 Å². The van der Waals surface area contributed by atoms with Gasteiger partial charge in [-0.2, -0.15) is 0 Å². The van der Waals surface area contributed by atoms with Crippen molar-refractivity contribution in [3.8, 4) is 11.3 Å². The smallest absolute Gasteiger partial charge is 0.320 e. The minimum absolute atomic E-state index is 0.135. The number of nitrogens with zero attached hydrogens (tertiary/aromatic N) is 4. The second-order valence-electron chi connectivity index (χ2n) is 8.12. The summed E-state index contributed by atoms with van der Waals surface area (Å²) in [5, 5.41) is 5.89. The number of benzene rings is 2. The summed E-state index contributed by atoms with van der Waals surface area (Å²) in [6.45, 7) is 4.14. The second kappa shape index (κ2) is 8.89. The number of ether oxygens (including phenoxy) is 1. The SMILES string of the molecule is O=C(N1CCOCC1)N1CCC(Nc2nccc(-c3ccc4ccccc4c3)n2)CC1. The first-order chi connectivity index (χ1) is 15.3. The molecule has 1 aromatic heterocycles.